The number of nitrogens with zero attached hydrogens (tertiary/aromatic N) is 1. The Hall–Kier alpha value is -1.54. The van der Waals surface area contributed by atoms with E-state index in [1.165, 1.54) is 22.2 Å². The Labute approximate surface area is 102 Å². The minimum atomic E-state index is 0.913. The SMILES string of the molecule is C=CCn1c2c(c3ccccc31)CCNCC2. The van der Waals surface area contributed by atoms with E-state index in [2.05, 4.69) is 40.7 Å². The second kappa shape index (κ2) is 4.38. The molecule has 1 aromatic heterocycles. The fourth-order valence-corrected chi connectivity index (χ4v) is 2.88. The van der Waals surface area contributed by atoms with Gasteiger partial charge in [-0.15, -0.1) is 6.58 Å². The molecular weight excluding hydrogens is 208 g/mol. The highest BCUT2D eigenvalue weighted by Crippen LogP contribution is 2.28. The molecule has 1 aromatic carbocycles. The van der Waals surface area contributed by atoms with E-state index in [1.54, 1.807) is 0 Å². The van der Waals surface area contributed by atoms with Crippen molar-refractivity contribution < 1.29 is 0 Å². The molecule has 88 valence electrons. The summed E-state index contributed by atoms with van der Waals surface area (Å²) >= 11 is 0. The highest BCUT2D eigenvalue weighted by atomic mass is 15.0. The molecule has 0 amide bonds. The molecule has 0 fully saturated rings. The molecule has 0 aliphatic carbocycles. The fraction of sp³-hybridized carbons (Fsp3) is 0.333. The van der Waals surface area contributed by atoms with Crippen molar-refractivity contribution in [1.82, 2.24) is 9.88 Å². The van der Waals surface area contributed by atoms with Gasteiger partial charge in [-0.2, -0.15) is 0 Å². The van der Waals surface area contributed by atoms with Crippen molar-refractivity contribution in [2.24, 2.45) is 0 Å². The van der Waals surface area contributed by atoms with Crippen molar-refractivity contribution in [1.29, 1.82) is 0 Å². The first-order valence-corrected chi connectivity index (χ1v) is 6.32. The molecule has 0 saturated heterocycles. The Morgan fingerprint density at radius 2 is 2.06 bits per heavy atom. The standard InChI is InChI=1S/C15H18N2/c1-2-11-17-14-6-4-3-5-12(14)13-7-9-16-10-8-15(13)17/h2-6,16H,1,7-11H2. The summed E-state index contributed by atoms with van der Waals surface area (Å²) in [6.45, 7) is 6.97. The second-order valence-corrected chi connectivity index (χ2v) is 4.59. The average molecular weight is 226 g/mol. The summed E-state index contributed by atoms with van der Waals surface area (Å²) < 4.78 is 2.42. The largest absolute Gasteiger partial charge is 0.340 e. The fourth-order valence-electron chi connectivity index (χ4n) is 2.88. The van der Waals surface area contributed by atoms with Crippen LogP contribution >= 0.6 is 0 Å². The number of hydrogen-bond donors (Lipinski definition) is 1. The summed E-state index contributed by atoms with van der Waals surface area (Å²) in [7, 11) is 0. The van der Waals surface area contributed by atoms with Gasteiger partial charge in [0.15, 0.2) is 0 Å². The average Bonchev–Trinajstić information content (AvgIpc) is 2.55. The van der Waals surface area contributed by atoms with Crippen molar-refractivity contribution >= 4 is 10.9 Å². The Balaban J connectivity index is 2.28. The molecule has 2 aromatic rings. The monoisotopic (exact) mass is 226 g/mol. The summed E-state index contributed by atoms with van der Waals surface area (Å²) in [5, 5.41) is 4.90. The van der Waals surface area contributed by atoms with E-state index >= 15 is 0 Å². The van der Waals surface area contributed by atoms with Gasteiger partial charge in [0, 0.05) is 36.1 Å². The molecule has 3 rings (SSSR count). The topological polar surface area (TPSA) is 17.0 Å². The first kappa shape index (κ1) is 10.6. The molecule has 2 nitrogen and oxygen atoms in total. The maximum absolute atomic E-state index is 3.88. The molecule has 0 radical (unpaired) electrons. The number of benzene rings is 1. The highest BCUT2D eigenvalue weighted by Gasteiger charge is 2.17. The summed E-state index contributed by atoms with van der Waals surface area (Å²) in [4.78, 5) is 0. The molecular formula is C15H18N2. The van der Waals surface area contributed by atoms with Gasteiger partial charge in [0.05, 0.1) is 0 Å². The van der Waals surface area contributed by atoms with Gasteiger partial charge >= 0.3 is 0 Å². The van der Waals surface area contributed by atoms with Crippen molar-refractivity contribution in [3.63, 3.8) is 0 Å². The highest BCUT2D eigenvalue weighted by molar-refractivity contribution is 5.85. The molecule has 0 saturated carbocycles. The van der Waals surface area contributed by atoms with Gasteiger partial charge < -0.3 is 9.88 Å². The van der Waals surface area contributed by atoms with E-state index in [0.29, 0.717) is 0 Å². The van der Waals surface area contributed by atoms with Crippen LogP contribution in [0.2, 0.25) is 0 Å². The van der Waals surface area contributed by atoms with Gasteiger partial charge in [-0.25, -0.2) is 0 Å². The number of nitrogens with one attached hydrogen (secondary N) is 1. The third-order valence-electron chi connectivity index (χ3n) is 3.60. The minimum absolute atomic E-state index is 0.913. The normalized spacial score (nSPS) is 15.5. The predicted octanol–water partition coefficient (Wildman–Crippen LogP) is 2.52. The third kappa shape index (κ3) is 1.69. The zero-order valence-electron chi connectivity index (χ0n) is 10.1. The molecule has 1 aliphatic rings. The summed E-state index contributed by atoms with van der Waals surface area (Å²) in [5.74, 6) is 0. The molecule has 17 heavy (non-hydrogen) atoms. The van der Waals surface area contributed by atoms with Crippen LogP contribution in [0.25, 0.3) is 10.9 Å². The number of rotatable bonds is 2. The van der Waals surface area contributed by atoms with Crippen LogP contribution in [0.3, 0.4) is 0 Å². The first-order valence-electron chi connectivity index (χ1n) is 6.32. The molecule has 0 atom stereocenters. The maximum atomic E-state index is 3.88. The predicted molar refractivity (Wildman–Crippen MR) is 72.4 cm³/mol. The van der Waals surface area contributed by atoms with Crippen LogP contribution in [-0.4, -0.2) is 17.7 Å². The summed E-state index contributed by atoms with van der Waals surface area (Å²) in [6, 6.07) is 8.73. The lowest BCUT2D eigenvalue weighted by molar-refractivity contribution is 0.693. The van der Waals surface area contributed by atoms with Crippen LogP contribution in [0.5, 0.6) is 0 Å². The molecule has 0 unspecified atom stereocenters. The number of aromatic nitrogens is 1. The molecule has 1 N–H and O–H groups in total. The third-order valence-corrected chi connectivity index (χ3v) is 3.60. The molecule has 2 heterocycles. The Morgan fingerprint density at radius 3 is 2.94 bits per heavy atom. The molecule has 1 aliphatic heterocycles. The molecule has 0 spiro atoms. The van der Waals surface area contributed by atoms with Gasteiger partial charge in [0.1, 0.15) is 0 Å². The van der Waals surface area contributed by atoms with E-state index in [-0.39, 0.29) is 0 Å². The van der Waals surface area contributed by atoms with Crippen LogP contribution in [0.15, 0.2) is 36.9 Å². The van der Waals surface area contributed by atoms with Gasteiger partial charge in [0.25, 0.3) is 0 Å². The lowest BCUT2D eigenvalue weighted by Crippen LogP contribution is -2.17. The number of para-hydroxylation sites is 1. The summed E-state index contributed by atoms with van der Waals surface area (Å²) in [5.41, 5.74) is 4.39. The van der Waals surface area contributed by atoms with Crippen molar-refractivity contribution in [2.75, 3.05) is 13.1 Å². The van der Waals surface area contributed by atoms with E-state index in [1.807, 2.05) is 6.08 Å². The van der Waals surface area contributed by atoms with E-state index < -0.39 is 0 Å². The first-order chi connectivity index (χ1) is 8.42. The molecule has 2 heteroatoms. The number of allylic oxidation sites excluding steroid dienone is 1. The van der Waals surface area contributed by atoms with Crippen molar-refractivity contribution in [2.45, 2.75) is 19.4 Å². The van der Waals surface area contributed by atoms with Crippen LogP contribution < -0.4 is 5.32 Å². The second-order valence-electron chi connectivity index (χ2n) is 4.59. The molecule has 0 bridgehead atoms. The van der Waals surface area contributed by atoms with Gasteiger partial charge in [-0.05, 0) is 24.6 Å². The van der Waals surface area contributed by atoms with E-state index in [4.69, 9.17) is 0 Å². The quantitative estimate of drug-likeness (QED) is 0.779. The zero-order chi connectivity index (χ0) is 11.7. The van der Waals surface area contributed by atoms with E-state index in [0.717, 1.165) is 32.5 Å². The minimum Gasteiger partial charge on any atom is -0.340 e. The van der Waals surface area contributed by atoms with Gasteiger partial charge in [0.2, 0.25) is 0 Å². The van der Waals surface area contributed by atoms with E-state index in [9.17, 15) is 0 Å². The lowest BCUT2D eigenvalue weighted by atomic mass is 10.1. The van der Waals surface area contributed by atoms with Crippen LogP contribution in [0, 0.1) is 0 Å². The lowest BCUT2D eigenvalue weighted by Gasteiger charge is -2.07. The zero-order valence-corrected chi connectivity index (χ0v) is 10.1. The van der Waals surface area contributed by atoms with Crippen LogP contribution in [0.4, 0.5) is 0 Å². The van der Waals surface area contributed by atoms with Crippen molar-refractivity contribution in [3.05, 3.63) is 48.2 Å². The van der Waals surface area contributed by atoms with Crippen LogP contribution in [0.1, 0.15) is 11.3 Å². The number of hydrogen-bond acceptors (Lipinski definition) is 1. The Morgan fingerprint density at radius 1 is 1.24 bits per heavy atom. The van der Waals surface area contributed by atoms with Crippen LogP contribution in [-0.2, 0) is 19.4 Å². The smallest absolute Gasteiger partial charge is 0.0488 e. The summed E-state index contributed by atoms with van der Waals surface area (Å²) in [6.07, 6.45) is 4.25. The maximum Gasteiger partial charge on any atom is 0.0488 e. The van der Waals surface area contributed by atoms with Crippen molar-refractivity contribution in [3.8, 4) is 0 Å². The van der Waals surface area contributed by atoms with Gasteiger partial charge in [-0.3, -0.25) is 0 Å². The Kier molecular flexibility index (Phi) is 2.73. The number of fused-ring (bicyclic) bond motifs is 3. The Bertz CT molecular complexity index is 551. The van der Waals surface area contributed by atoms with Gasteiger partial charge in [-0.1, -0.05) is 24.3 Å².